The van der Waals surface area contributed by atoms with Crippen molar-refractivity contribution in [2.45, 2.75) is 19.0 Å². The molecule has 2 fully saturated rings. The van der Waals surface area contributed by atoms with Gasteiger partial charge < -0.3 is 10.6 Å². The molecule has 2 rings (SSSR count). The van der Waals surface area contributed by atoms with Crippen LogP contribution in [0.3, 0.4) is 0 Å². The minimum atomic E-state index is 0.721. The maximum Gasteiger partial charge on any atom is 0.0265 e. The van der Waals surface area contributed by atoms with Crippen LogP contribution in [0.2, 0.25) is 0 Å². The Morgan fingerprint density at radius 1 is 1.27 bits per heavy atom. The second-order valence-corrected chi connectivity index (χ2v) is 4.14. The number of hydrogen-bond acceptors (Lipinski definition) is 3. The van der Waals surface area contributed by atoms with E-state index in [9.17, 15) is 0 Å². The molecule has 0 amide bonds. The zero-order valence-corrected chi connectivity index (χ0v) is 7.77. The molecule has 1 aliphatic carbocycles. The molecule has 64 valence electrons. The van der Waals surface area contributed by atoms with Gasteiger partial charge in [0.2, 0.25) is 0 Å². The molecule has 0 aromatic heterocycles. The highest BCUT2D eigenvalue weighted by molar-refractivity contribution is 7.80. The van der Waals surface area contributed by atoms with E-state index in [4.69, 9.17) is 0 Å². The Hall–Kier alpha value is 0.270. The lowest BCUT2D eigenvalue weighted by Gasteiger charge is -2.12. The Morgan fingerprint density at radius 2 is 1.82 bits per heavy atom. The molecule has 0 aromatic carbocycles. The van der Waals surface area contributed by atoms with Gasteiger partial charge >= 0.3 is 0 Å². The summed E-state index contributed by atoms with van der Waals surface area (Å²) in [5.41, 5.74) is 0. The molecule has 1 saturated heterocycles. The second-order valence-electron chi connectivity index (χ2n) is 3.78. The summed E-state index contributed by atoms with van der Waals surface area (Å²) in [6, 6.07) is 1.50. The Kier molecular flexibility index (Phi) is 2.12. The normalized spacial score (nSPS) is 49.6. The van der Waals surface area contributed by atoms with Gasteiger partial charge in [-0.2, -0.15) is 12.6 Å². The quantitative estimate of drug-likeness (QED) is 0.489. The zero-order chi connectivity index (χ0) is 7.84. The van der Waals surface area contributed by atoms with E-state index in [2.05, 4.69) is 30.2 Å². The number of fused-ring (bicyclic) bond motifs is 1. The van der Waals surface area contributed by atoms with E-state index in [1.807, 2.05) is 0 Å². The predicted molar refractivity (Wildman–Crippen MR) is 50.1 cm³/mol. The van der Waals surface area contributed by atoms with Crippen molar-refractivity contribution >= 4 is 12.6 Å². The molecule has 2 nitrogen and oxygen atoms in total. The first-order valence-corrected chi connectivity index (χ1v) is 5.04. The maximum atomic E-state index is 4.30. The molecule has 2 N–H and O–H groups in total. The lowest BCUT2D eigenvalue weighted by Crippen LogP contribution is -2.29. The maximum absolute atomic E-state index is 4.30. The number of nitrogens with one attached hydrogen (secondary N) is 2. The van der Waals surface area contributed by atoms with Crippen LogP contribution in [0.15, 0.2) is 0 Å². The molecule has 11 heavy (non-hydrogen) atoms. The summed E-state index contributed by atoms with van der Waals surface area (Å²) in [4.78, 5) is 0. The van der Waals surface area contributed by atoms with E-state index < -0.39 is 0 Å². The van der Waals surface area contributed by atoms with E-state index in [-0.39, 0.29) is 0 Å². The fourth-order valence-electron chi connectivity index (χ4n) is 1.90. The van der Waals surface area contributed by atoms with E-state index in [0.29, 0.717) is 0 Å². The molecule has 1 saturated carbocycles. The van der Waals surface area contributed by atoms with Crippen molar-refractivity contribution in [2.24, 2.45) is 11.8 Å². The largest absolute Gasteiger partial charge is 0.312 e. The van der Waals surface area contributed by atoms with Crippen molar-refractivity contribution in [3.8, 4) is 0 Å². The van der Waals surface area contributed by atoms with Gasteiger partial charge in [-0.15, -0.1) is 0 Å². The van der Waals surface area contributed by atoms with Crippen LogP contribution < -0.4 is 10.6 Å². The lowest BCUT2D eigenvalue weighted by atomic mass is 10.2. The van der Waals surface area contributed by atoms with Gasteiger partial charge in [0, 0.05) is 25.2 Å². The minimum absolute atomic E-state index is 0.721. The van der Waals surface area contributed by atoms with Crippen LogP contribution in [-0.4, -0.2) is 30.9 Å². The van der Waals surface area contributed by atoms with Crippen molar-refractivity contribution in [1.29, 1.82) is 0 Å². The molecular weight excluding hydrogens is 156 g/mol. The molecule has 2 aliphatic rings. The molecular formula is C8H16N2S. The average molecular weight is 172 g/mol. The van der Waals surface area contributed by atoms with Crippen LogP contribution in [0.5, 0.6) is 0 Å². The third kappa shape index (κ3) is 1.42. The predicted octanol–water partition coefficient (Wildman–Crippen LogP) is 0.112. The molecule has 0 spiro atoms. The Bertz CT molecular complexity index is 133. The molecule has 0 radical (unpaired) electrons. The molecule has 4 atom stereocenters. The van der Waals surface area contributed by atoms with Crippen molar-refractivity contribution in [3.63, 3.8) is 0 Å². The summed E-state index contributed by atoms with van der Waals surface area (Å²) in [6.45, 7) is 4.58. The first-order chi connectivity index (χ1) is 5.33. The first-order valence-electron chi connectivity index (χ1n) is 4.40. The van der Waals surface area contributed by atoms with Gasteiger partial charge in [0.05, 0.1) is 0 Å². The van der Waals surface area contributed by atoms with Crippen LogP contribution in [0.25, 0.3) is 0 Å². The summed E-state index contributed by atoms with van der Waals surface area (Å²) in [7, 11) is 0. The van der Waals surface area contributed by atoms with Crippen molar-refractivity contribution in [2.75, 3.05) is 18.8 Å². The van der Waals surface area contributed by atoms with Crippen LogP contribution >= 0.6 is 12.6 Å². The highest BCUT2D eigenvalue weighted by atomic mass is 32.1. The number of hydrogen-bond donors (Lipinski definition) is 3. The summed E-state index contributed by atoms with van der Waals surface area (Å²) in [5.74, 6) is 2.56. The lowest BCUT2D eigenvalue weighted by molar-refractivity contribution is 0.500. The van der Waals surface area contributed by atoms with Gasteiger partial charge in [-0.25, -0.2) is 0 Å². The Labute approximate surface area is 73.5 Å². The van der Waals surface area contributed by atoms with Crippen molar-refractivity contribution in [3.05, 3.63) is 0 Å². The van der Waals surface area contributed by atoms with Crippen molar-refractivity contribution in [1.82, 2.24) is 10.6 Å². The van der Waals surface area contributed by atoms with Crippen LogP contribution in [0.1, 0.15) is 6.92 Å². The molecule has 3 heteroatoms. The number of rotatable bonds is 1. The minimum Gasteiger partial charge on any atom is -0.312 e. The van der Waals surface area contributed by atoms with E-state index in [1.54, 1.807) is 0 Å². The summed E-state index contributed by atoms with van der Waals surface area (Å²) < 4.78 is 0. The van der Waals surface area contributed by atoms with Gasteiger partial charge in [-0.3, -0.25) is 0 Å². The zero-order valence-electron chi connectivity index (χ0n) is 6.88. The second kappa shape index (κ2) is 2.96. The SMILES string of the molecule is C[C@H]1[C@H]2NC[C@@H](CS)CN[C@@H]12. The topological polar surface area (TPSA) is 24.1 Å². The van der Waals surface area contributed by atoms with E-state index >= 15 is 0 Å². The standard InChI is InChI=1S/C8H16N2S/c1-5-7-8(5)10-3-6(4-11)2-9-7/h5-11H,2-4H2,1H3/t5-,6+,7+,8-. The van der Waals surface area contributed by atoms with Gasteiger partial charge in [0.15, 0.2) is 0 Å². The van der Waals surface area contributed by atoms with E-state index in [0.717, 1.165) is 42.8 Å². The highest BCUT2D eigenvalue weighted by Crippen LogP contribution is 2.32. The molecule has 1 aliphatic heterocycles. The fraction of sp³-hybridized carbons (Fsp3) is 1.00. The third-order valence-electron chi connectivity index (χ3n) is 2.92. The molecule has 1 heterocycles. The van der Waals surface area contributed by atoms with Crippen LogP contribution in [0, 0.1) is 11.8 Å². The van der Waals surface area contributed by atoms with Gasteiger partial charge in [-0.05, 0) is 17.6 Å². The van der Waals surface area contributed by atoms with Crippen LogP contribution in [-0.2, 0) is 0 Å². The third-order valence-corrected chi connectivity index (χ3v) is 3.44. The number of thiol groups is 1. The summed E-state index contributed by atoms with van der Waals surface area (Å²) in [6.07, 6.45) is 0. The Morgan fingerprint density at radius 3 is 2.27 bits per heavy atom. The first kappa shape index (κ1) is 7.90. The Balaban J connectivity index is 1.86. The summed E-state index contributed by atoms with van der Waals surface area (Å²) >= 11 is 4.30. The fourth-order valence-corrected chi connectivity index (χ4v) is 2.15. The smallest absolute Gasteiger partial charge is 0.0265 e. The highest BCUT2D eigenvalue weighted by Gasteiger charge is 2.47. The molecule has 0 aromatic rings. The van der Waals surface area contributed by atoms with E-state index in [1.165, 1.54) is 0 Å². The van der Waals surface area contributed by atoms with Gasteiger partial charge in [0.25, 0.3) is 0 Å². The average Bonchev–Trinajstić information content (AvgIpc) is 2.68. The van der Waals surface area contributed by atoms with Gasteiger partial charge in [-0.1, -0.05) is 6.92 Å². The van der Waals surface area contributed by atoms with Gasteiger partial charge in [0.1, 0.15) is 0 Å². The summed E-state index contributed by atoms with van der Waals surface area (Å²) in [5, 5.41) is 7.12. The van der Waals surface area contributed by atoms with Crippen molar-refractivity contribution < 1.29 is 0 Å². The monoisotopic (exact) mass is 172 g/mol. The molecule has 0 bridgehead atoms. The van der Waals surface area contributed by atoms with Crippen LogP contribution in [0.4, 0.5) is 0 Å². The molecule has 0 unspecified atom stereocenters.